The molecule has 2 N–H and O–H groups in total. The largest absolute Gasteiger partial charge is 0.483 e. The van der Waals surface area contributed by atoms with Crippen molar-refractivity contribution >= 4 is 23.4 Å². The van der Waals surface area contributed by atoms with Crippen molar-refractivity contribution in [2.45, 2.75) is 12.0 Å². The number of nitrogens with zero attached hydrogens (tertiary/aromatic N) is 1. The number of likely N-dealkylation sites (N-methyl/N-ethyl adjacent to an activating group) is 1. The molecule has 162 valence electrons. The Bertz CT molecular complexity index is 904. The quantitative estimate of drug-likeness (QED) is 0.656. The molecule has 2 aromatic rings. The highest BCUT2D eigenvalue weighted by atomic mass is 35.5. The molecule has 0 heterocycles. The van der Waals surface area contributed by atoms with Crippen LogP contribution in [0.1, 0.15) is 17.2 Å². The van der Waals surface area contributed by atoms with Crippen LogP contribution in [0.5, 0.6) is 5.75 Å². The molecule has 10 heteroatoms. The van der Waals surface area contributed by atoms with Crippen LogP contribution < -0.4 is 10.1 Å². The van der Waals surface area contributed by atoms with Crippen LogP contribution >= 0.6 is 11.6 Å². The highest BCUT2D eigenvalue weighted by molar-refractivity contribution is 6.30. The van der Waals surface area contributed by atoms with Gasteiger partial charge in [-0.25, -0.2) is 4.39 Å². The summed E-state index contributed by atoms with van der Waals surface area (Å²) in [7, 11) is 2.97. The first-order valence-electron chi connectivity index (χ1n) is 8.75. The fourth-order valence-corrected chi connectivity index (χ4v) is 2.66. The van der Waals surface area contributed by atoms with Crippen molar-refractivity contribution in [2.75, 3.05) is 27.2 Å². The molecule has 0 saturated heterocycles. The van der Waals surface area contributed by atoms with E-state index >= 15 is 0 Å². The number of hydrogen-bond donors (Lipinski definition) is 2. The van der Waals surface area contributed by atoms with E-state index < -0.39 is 48.4 Å². The van der Waals surface area contributed by atoms with E-state index in [9.17, 15) is 27.9 Å². The number of para-hydroxylation sites is 1. The molecule has 1 atom stereocenters. The summed E-state index contributed by atoms with van der Waals surface area (Å²) in [5, 5.41) is 12.0. The number of aliphatic hydroxyl groups is 1. The minimum atomic E-state index is -4.02. The summed E-state index contributed by atoms with van der Waals surface area (Å²) >= 11 is 5.70. The van der Waals surface area contributed by atoms with Gasteiger partial charge in [-0.3, -0.25) is 9.59 Å². The number of hydrogen-bond acceptors (Lipinski definition) is 4. The summed E-state index contributed by atoms with van der Waals surface area (Å²) < 4.78 is 48.0. The Morgan fingerprint density at radius 1 is 1.23 bits per heavy atom. The topological polar surface area (TPSA) is 78.9 Å². The number of aliphatic hydroxyl groups excluding tert-OH is 1. The van der Waals surface area contributed by atoms with Gasteiger partial charge in [-0.15, -0.1) is 0 Å². The third-order valence-corrected chi connectivity index (χ3v) is 4.30. The van der Waals surface area contributed by atoms with E-state index in [1.54, 1.807) is 0 Å². The summed E-state index contributed by atoms with van der Waals surface area (Å²) in [5.41, 5.74) is -0.716. The van der Waals surface area contributed by atoms with Crippen molar-refractivity contribution in [3.8, 4) is 5.75 Å². The number of rotatable bonds is 8. The van der Waals surface area contributed by atoms with Gasteiger partial charge in [-0.2, -0.15) is 8.78 Å². The van der Waals surface area contributed by atoms with Crippen LogP contribution in [0, 0.1) is 5.82 Å². The van der Waals surface area contributed by atoms with E-state index in [0.29, 0.717) is 0 Å². The molecular formula is C20H20ClF3N2O4. The first-order valence-corrected chi connectivity index (χ1v) is 9.12. The normalized spacial score (nSPS) is 12.2. The molecule has 1 unspecified atom stereocenters. The first-order chi connectivity index (χ1) is 14.0. The van der Waals surface area contributed by atoms with E-state index in [1.807, 2.05) is 5.32 Å². The van der Waals surface area contributed by atoms with Gasteiger partial charge in [0.25, 0.3) is 11.8 Å². The summed E-state index contributed by atoms with van der Waals surface area (Å²) in [6, 6.07) is 8.17. The Labute approximate surface area is 176 Å². The minimum Gasteiger partial charge on any atom is -0.483 e. The lowest BCUT2D eigenvalue weighted by atomic mass is 10.1. The second-order valence-electron chi connectivity index (χ2n) is 6.58. The number of ether oxygens (including phenoxy) is 1. The maximum Gasteiger partial charge on any atom is 0.353 e. The molecule has 0 bridgehead atoms. The van der Waals surface area contributed by atoms with Crippen LogP contribution in [-0.2, 0) is 15.5 Å². The second kappa shape index (κ2) is 9.82. The Balaban J connectivity index is 2.11. The Hall–Kier alpha value is -2.78. The smallest absolute Gasteiger partial charge is 0.353 e. The van der Waals surface area contributed by atoms with Crippen molar-refractivity contribution in [1.29, 1.82) is 0 Å². The fourth-order valence-electron chi connectivity index (χ4n) is 2.43. The van der Waals surface area contributed by atoms with Crippen molar-refractivity contribution in [1.82, 2.24) is 10.2 Å². The van der Waals surface area contributed by atoms with E-state index in [4.69, 9.17) is 16.3 Å². The summed E-state index contributed by atoms with van der Waals surface area (Å²) in [6.45, 7) is -1.09. The van der Waals surface area contributed by atoms with Crippen molar-refractivity contribution in [2.24, 2.45) is 0 Å². The Kier molecular flexibility index (Phi) is 7.69. The van der Waals surface area contributed by atoms with E-state index in [-0.39, 0.29) is 16.3 Å². The van der Waals surface area contributed by atoms with Gasteiger partial charge in [0.05, 0.1) is 11.7 Å². The van der Waals surface area contributed by atoms with Crippen LogP contribution in [-0.4, -0.2) is 49.1 Å². The molecule has 0 aliphatic carbocycles. The van der Waals surface area contributed by atoms with Gasteiger partial charge in [0.15, 0.2) is 6.61 Å². The molecule has 0 fully saturated rings. The van der Waals surface area contributed by atoms with Gasteiger partial charge in [0.2, 0.25) is 0 Å². The standard InChI is InChI=1S/C20H20ClF3N2O4/c1-26(2)18(28)11-30-17-6-4-3-5-15(17)20(23,24)19(29)25-10-16(27)12-7-13(21)9-14(22)8-12/h3-9,16,27H,10-11H2,1-2H3,(H,25,29). The highest BCUT2D eigenvalue weighted by Gasteiger charge is 2.43. The lowest BCUT2D eigenvalue weighted by Crippen LogP contribution is -2.40. The molecular weight excluding hydrogens is 425 g/mol. The second-order valence-corrected chi connectivity index (χ2v) is 7.01. The summed E-state index contributed by atoms with van der Waals surface area (Å²) in [5.74, 6) is -7.21. The van der Waals surface area contributed by atoms with Crippen LogP contribution in [0.25, 0.3) is 0 Å². The predicted molar refractivity (Wildman–Crippen MR) is 104 cm³/mol. The molecule has 0 spiro atoms. The predicted octanol–water partition coefficient (Wildman–Crippen LogP) is 2.89. The van der Waals surface area contributed by atoms with E-state index in [0.717, 1.165) is 18.2 Å². The Morgan fingerprint density at radius 2 is 1.90 bits per heavy atom. The average Bonchev–Trinajstić information content (AvgIpc) is 2.69. The maximum atomic E-state index is 14.7. The van der Waals surface area contributed by atoms with Crippen LogP contribution in [0.2, 0.25) is 5.02 Å². The molecule has 2 amide bonds. The van der Waals surface area contributed by atoms with Gasteiger partial charge < -0.3 is 20.1 Å². The number of amides is 2. The fraction of sp³-hybridized carbons (Fsp3) is 0.300. The number of halogens is 4. The van der Waals surface area contributed by atoms with E-state index in [2.05, 4.69) is 0 Å². The van der Waals surface area contributed by atoms with Crippen molar-refractivity contribution < 1.29 is 32.6 Å². The van der Waals surface area contributed by atoms with Gasteiger partial charge in [0.1, 0.15) is 11.6 Å². The monoisotopic (exact) mass is 444 g/mol. The summed E-state index contributed by atoms with van der Waals surface area (Å²) in [6.07, 6.45) is -1.46. The Morgan fingerprint density at radius 3 is 2.53 bits per heavy atom. The zero-order valence-electron chi connectivity index (χ0n) is 16.2. The minimum absolute atomic E-state index is 0.0130. The molecule has 0 radical (unpaired) electrons. The first kappa shape index (κ1) is 23.5. The van der Waals surface area contributed by atoms with Crippen molar-refractivity contribution in [3.05, 3.63) is 64.4 Å². The van der Waals surface area contributed by atoms with Crippen LogP contribution in [0.15, 0.2) is 42.5 Å². The molecule has 0 saturated carbocycles. The zero-order valence-corrected chi connectivity index (χ0v) is 16.9. The van der Waals surface area contributed by atoms with Gasteiger partial charge in [-0.1, -0.05) is 23.7 Å². The van der Waals surface area contributed by atoms with Crippen LogP contribution in [0.3, 0.4) is 0 Å². The average molecular weight is 445 g/mol. The molecule has 30 heavy (non-hydrogen) atoms. The zero-order chi connectivity index (χ0) is 22.5. The molecule has 2 aromatic carbocycles. The number of benzene rings is 2. The van der Waals surface area contributed by atoms with Gasteiger partial charge in [-0.05, 0) is 35.9 Å². The molecule has 0 aromatic heterocycles. The molecule has 6 nitrogen and oxygen atoms in total. The number of alkyl halides is 2. The number of carbonyl (C=O) groups excluding carboxylic acids is 2. The third kappa shape index (κ3) is 5.87. The van der Waals surface area contributed by atoms with Crippen molar-refractivity contribution in [3.63, 3.8) is 0 Å². The third-order valence-electron chi connectivity index (χ3n) is 4.09. The van der Waals surface area contributed by atoms with E-state index in [1.165, 1.54) is 43.3 Å². The molecule has 0 aliphatic rings. The lowest BCUT2D eigenvalue weighted by Gasteiger charge is -2.21. The molecule has 2 rings (SSSR count). The maximum absolute atomic E-state index is 14.7. The highest BCUT2D eigenvalue weighted by Crippen LogP contribution is 2.35. The van der Waals surface area contributed by atoms with Gasteiger partial charge in [0, 0.05) is 25.7 Å². The van der Waals surface area contributed by atoms with Crippen LogP contribution in [0.4, 0.5) is 13.2 Å². The molecule has 0 aliphatic heterocycles. The van der Waals surface area contributed by atoms with Gasteiger partial charge >= 0.3 is 5.92 Å². The SMILES string of the molecule is CN(C)C(=O)COc1ccccc1C(F)(F)C(=O)NCC(O)c1cc(F)cc(Cl)c1. The number of nitrogens with one attached hydrogen (secondary N) is 1. The lowest BCUT2D eigenvalue weighted by molar-refractivity contribution is -0.147. The number of carbonyl (C=O) groups is 2. The summed E-state index contributed by atoms with van der Waals surface area (Å²) in [4.78, 5) is 25.0.